The zero-order valence-electron chi connectivity index (χ0n) is 19.4. The number of methoxy groups -OCH3 is 1. The fraction of sp³-hybridized carbons (Fsp3) is 0.280. The van der Waals surface area contributed by atoms with Crippen LogP contribution in [0.4, 0.5) is 5.00 Å². The molecular weight excluding hydrogens is 508 g/mol. The lowest BCUT2D eigenvalue weighted by atomic mass is 10.0. The Morgan fingerprint density at radius 1 is 1.09 bits per heavy atom. The third-order valence-electron chi connectivity index (χ3n) is 5.86. The molecule has 1 amide bonds. The van der Waals surface area contributed by atoms with Gasteiger partial charge in [-0.05, 0) is 41.8 Å². The van der Waals surface area contributed by atoms with Gasteiger partial charge in [-0.3, -0.25) is 9.69 Å². The zero-order chi connectivity index (χ0) is 24.3. The molecule has 186 valence electrons. The Labute approximate surface area is 215 Å². The fourth-order valence-electron chi connectivity index (χ4n) is 3.99. The molecule has 0 radical (unpaired) electrons. The van der Waals surface area contributed by atoms with Gasteiger partial charge in [-0.2, -0.15) is 0 Å². The van der Waals surface area contributed by atoms with Gasteiger partial charge in [-0.1, -0.05) is 37.3 Å². The van der Waals surface area contributed by atoms with Crippen LogP contribution in [-0.2, 0) is 34.1 Å². The fourth-order valence-corrected chi connectivity index (χ4v) is 6.15. The van der Waals surface area contributed by atoms with Gasteiger partial charge in [-0.15, -0.1) is 23.7 Å². The number of nitrogens with one attached hydrogen (secondary N) is 1. The van der Waals surface area contributed by atoms with E-state index < -0.39 is 21.7 Å². The second-order valence-electron chi connectivity index (χ2n) is 8.03. The summed E-state index contributed by atoms with van der Waals surface area (Å²) in [6.07, 6.45) is 0.683. The average Bonchev–Trinajstić information content (AvgIpc) is 3.21. The number of nitrogens with zero attached hydrogens (tertiary/aromatic N) is 1. The van der Waals surface area contributed by atoms with Crippen molar-refractivity contribution in [1.82, 2.24) is 4.90 Å². The summed E-state index contributed by atoms with van der Waals surface area (Å²) in [6.45, 7) is 3.85. The van der Waals surface area contributed by atoms with Gasteiger partial charge < -0.3 is 10.1 Å². The van der Waals surface area contributed by atoms with Gasteiger partial charge in [-0.25, -0.2) is 13.2 Å². The van der Waals surface area contributed by atoms with Gasteiger partial charge in [0.05, 0.1) is 23.3 Å². The molecule has 2 heterocycles. The summed E-state index contributed by atoms with van der Waals surface area (Å²) < 4.78 is 29.1. The van der Waals surface area contributed by atoms with Crippen LogP contribution in [0.15, 0.2) is 59.5 Å². The van der Waals surface area contributed by atoms with Crippen molar-refractivity contribution in [3.8, 4) is 0 Å². The number of fused-ring (bicyclic) bond motifs is 1. The minimum absolute atomic E-state index is 0. The van der Waals surface area contributed by atoms with Crippen LogP contribution >= 0.6 is 23.7 Å². The maximum atomic E-state index is 12.9. The number of sulfone groups is 1. The van der Waals surface area contributed by atoms with E-state index in [1.165, 1.54) is 48.3 Å². The van der Waals surface area contributed by atoms with E-state index in [1.807, 2.05) is 18.2 Å². The van der Waals surface area contributed by atoms with Crippen molar-refractivity contribution in [2.75, 3.05) is 24.7 Å². The highest BCUT2D eigenvalue weighted by Gasteiger charge is 2.29. The van der Waals surface area contributed by atoms with E-state index >= 15 is 0 Å². The molecule has 35 heavy (non-hydrogen) atoms. The number of hydrogen-bond acceptors (Lipinski definition) is 7. The number of rotatable bonds is 7. The number of carbonyl (C=O) groups is 2. The number of esters is 1. The average molecular weight is 535 g/mol. The third kappa shape index (κ3) is 5.92. The summed E-state index contributed by atoms with van der Waals surface area (Å²) in [4.78, 5) is 29.0. The number of halogens is 1. The molecule has 1 aliphatic heterocycles. The molecule has 7 nitrogen and oxygen atoms in total. The van der Waals surface area contributed by atoms with Crippen LogP contribution in [0.1, 0.15) is 43.6 Å². The summed E-state index contributed by atoms with van der Waals surface area (Å²) in [6, 6.07) is 16.0. The highest BCUT2D eigenvalue weighted by molar-refractivity contribution is 7.91. The molecule has 0 spiro atoms. The summed E-state index contributed by atoms with van der Waals surface area (Å²) in [5.41, 5.74) is 2.85. The number of ether oxygens (including phenoxy) is 1. The van der Waals surface area contributed by atoms with Crippen molar-refractivity contribution < 1.29 is 22.7 Å². The lowest BCUT2D eigenvalue weighted by Gasteiger charge is -2.27. The molecule has 0 bridgehead atoms. The predicted octanol–water partition coefficient (Wildman–Crippen LogP) is 4.56. The minimum Gasteiger partial charge on any atom is -0.465 e. The standard InChI is InChI=1S/C25H26N2O5S2.ClH/c1-3-34(30,31)19-11-9-18(10-12-19)23(28)26-24-22(25(29)32-2)20-13-14-27(16-21(20)33-24)15-17-7-5-4-6-8-17;/h4-12H,3,13-16H2,1-2H3,(H,26,28);1H. The van der Waals surface area contributed by atoms with E-state index in [-0.39, 0.29) is 23.1 Å². The number of thiophene rings is 1. The van der Waals surface area contributed by atoms with E-state index in [2.05, 4.69) is 22.3 Å². The van der Waals surface area contributed by atoms with Crippen molar-refractivity contribution in [1.29, 1.82) is 0 Å². The maximum absolute atomic E-state index is 12.9. The molecule has 4 rings (SSSR count). The first-order valence-corrected chi connectivity index (χ1v) is 13.4. The second-order valence-corrected chi connectivity index (χ2v) is 11.4. The summed E-state index contributed by atoms with van der Waals surface area (Å²) in [5, 5.41) is 3.30. The Kier molecular flexibility index (Phi) is 8.71. The van der Waals surface area contributed by atoms with E-state index in [1.54, 1.807) is 6.92 Å². The summed E-state index contributed by atoms with van der Waals surface area (Å²) >= 11 is 1.38. The van der Waals surface area contributed by atoms with Crippen LogP contribution in [0.3, 0.4) is 0 Å². The van der Waals surface area contributed by atoms with E-state index in [0.717, 1.165) is 23.5 Å². The zero-order valence-corrected chi connectivity index (χ0v) is 21.9. The minimum atomic E-state index is -3.35. The van der Waals surface area contributed by atoms with Crippen molar-refractivity contribution in [3.05, 3.63) is 81.7 Å². The number of benzene rings is 2. The molecule has 2 aromatic carbocycles. The Hall–Kier alpha value is -2.72. The van der Waals surface area contributed by atoms with Crippen molar-refractivity contribution in [3.63, 3.8) is 0 Å². The van der Waals surface area contributed by atoms with Gasteiger partial charge in [0.2, 0.25) is 0 Å². The number of hydrogen-bond donors (Lipinski definition) is 1. The van der Waals surface area contributed by atoms with Crippen molar-refractivity contribution >= 4 is 50.5 Å². The van der Waals surface area contributed by atoms with Gasteiger partial charge in [0.15, 0.2) is 9.84 Å². The quantitative estimate of drug-likeness (QED) is 0.447. The molecule has 0 fully saturated rings. The van der Waals surface area contributed by atoms with Crippen LogP contribution in [0.25, 0.3) is 0 Å². The molecule has 0 saturated carbocycles. The molecule has 0 aliphatic carbocycles. The molecule has 0 saturated heterocycles. The Bertz CT molecular complexity index is 1310. The lowest BCUT2D eigenvalue weighted by Crippen LogP contribution is -2.29. The number of amides is 1. The van der Waals surface area contributed by atoms with Gasteiger partial charge in [0, 0.05) is 30.1 Å². The summed E-state index contributed by atoms with van der Waals surface area (Å²) in [7, 11) is -2.02. The van der Waals surface area contributed by atoms with Gasteiger partial charge >= 0.3 is 5.97 Å². The molecule has 0 unspecified atom stereocenters. The van der Waals surface area contributed by atoms with Crippen LogP contribution in [0, 0.1) is 0 Å². The predicted molar refractivity (Wildman–Crippen MR) is 139 cm³/mol. The monoisotopic (exact) mass is 534 g/mol. The molecule has 1 aromatic heterocycles. The Morgan fingerprint density at radius 3 is 2.40 bits per heavy atom. The highest BCUT2D eigenvalue weighted by atomic mass is 35.5. The number of anilines is 1. The molecular formula is C25H27ClN2O5S2. The molecule has 3 aromatic rings. The van der Waals surface area contributed by atoms with Crippen LogP contribution in [0.2, 0.25) is 0 Å². The Balaban J connectivity index is 0.00000342. The van der Waals surface area contributed by atoms with E-state index in [0.29, 0.717) is 29.1 Å². The first-order valence-electron chi connectivity index (χ1n) is 11.0. The van der Waals surface area contributed by atoms with Gasteiger partial charge in [0.1, 0.15) is 5.00 Å². The number of carbonyl (C=O) groups excluding carboxylic acids is 2. The van der Waals surface area contributed by atoms with Crippen molar-refractivity contribution in [2.45, 2.75) is 31.3 Å². The third-order valence-corrected chi connectivity index (χ3v) is 8.74. The molecule has 1 N–H and O–H groups in total. The van der Waals surface area contributed by atoms with E-state index in [4.69, 9.17) is 4.74 Å². The Morgan fingerprint density at radius 2 is 1.77 bits per heavy atom. The van der Waals surface area contributed by atoms with Crippen LogP contribution in [0.5, 0.6) is 0 Å². The normalized spacial score (nSPS) is 13.4. The van der Waals surface area contributed by atoms with Crippen molar-refractivity contribution in [2.24, 2.45) is 0 Å². The first kappa shape index (κ1) is 26.9. The first-order chi connectivity index (χ1) is 16.3. The molecule has 10 heteroatoms. The highest BCUT2D eigenvalue weighted by Crippen LogP contribution is 2.38. The molecule has 1 aliphatic rings. The topological polar surface area (TPSA) is 92.8 Å². The summed E-state index contributed by atoms with van der Waals surface area (Å²) in [5.74, 6) is -0.901. The maximum Gasteiger partial charge on any atom is 0.341 e. The van der Waals surface area contributed by atoms with Gasteiger partial charge in [0.25, 0.3) is 5.91 Å². The second kappa shape index (κ2) is 11.3. The van der Waals surface area contributed by atoms with Crippen LogP contribution < -0.4 is 5.32 Å². The van der Waals surface area contributed by atoms with E-state index in [9.17, 15) is 18.0 Å². The SMILES string of the molecule is CCS(=O)(=O)c1ccc(C(=O)Nc2sc3c(c2C(=O)OC)CCN(Cc2ccccc2)C3)cc1.Cl. The smallest absolute Gasteiger partial charge is 0.341 e. The molecule has 0 atom stereocenters. The lowest BCUT2D eigenvalue weighted by molar-refractivity contribution is 0.0600. The van der Waals surface area contributed by atoms with Crippen LogP contribution in [-0.4, -0.2) is 44.6 Å². The largest absolute Gasteiger partial charge is 0.465 e.